The number of nitrogens with one attached hydrogen (secondary N) is 3. The Morgan fingerprint density at radius 1 is 1.28 bits per heavy atom. The van der Waals surface area contributed by atoms with E-state index in [0.29, 0.717) is 17.5 Å². The molecule has 2 aromatic rings. The van der Waals surface area contributed by atoms with Crippen LogP contribution in [0.15, 0.2) is 24.3 Å². The molecule has 1 aromatic heterocycles. The first-order chi connectivity index (χ1) is 12.1. The second-order valence-electron chi connectivity index (χ2n) is 5.88. The number of carbonyl (C=O) groups is 2. The van der Waals surface area contributed by atoms with E-state index in [-0.39, 0.29) is 18.1 Å². The molecule has 132 valence electrons. The van der Waals surface area contributed by atoms with Gasteiger partial charge in [0.1, 0.15) is 5.75 Å². The largest absolute Gasteiger partial charge is 0.497 e. The molecule has 25 heavy (non-hydrogen) atoms. The number of halogens is 1. The third-order valence-electron chi connectivity index (χ3n) is 3.99. The highest BCUT2D eigenvalue weighted by Crippen LogP contribution is 2.42. The van der Waals surface area contributed by atoms with Crippen LogP contribution < -0.4 is 15.4 Å². The topological polar surface area (TPSA) is 96.1 Å². The van der Waals surface area contributed by atoms with Crippen molar-refractivity contribution in [3.8, 4) is 5.75 Å². The molecule has 1 aliphatic rings. The van der Waals surface area contributed by atoms with E-state index in [4.69, 9.17) is 16.3 Å². The van der Waals surface area contributed by atoms with Crippen LogP contribution in [0.2, 0.25) is 5.02 Å². The molecule has 7 nitrogen and oxygen atoms in total. The number of carbonyl (C=O) groups excluding carboxylic acids is 2. The summed E-state index contributed by atoms with van der Waals surface area (Å²) >= 11 is 6.17. The van der Waals surface area contributed by atoms with Gasteiger partial charge >= 0.3 is 0 Å². The average molecular weight is 363 g/mol. The molecule has 3 rings (SSSR count). The van der Waals surface area contributed by atoms with Crippen LogP contribution in [0.5, 0.6) is 5.75 Å². The number of rotatable bonds is 7. The Hall–Kier alpha value is -2.54. The smallest absolute Gasteiger partial charge is 0.273 e. The van der Waals surface area contributed by atoms with Crippen LogP contribution in [-0.4, -0.2) is 35.7 Å². The highest BCUT2D eigenvalue weighted by atomic mass is 35.5. The van der Waals surface area contributed by atoms with Crippen LogP contribution in [0.3, 0.4) is 0 Å². The zero-order valence-electron chi connectivity index (χ0n) is 13.8. The summed E-state index contributed by atoms with van der Waals surface area (Å²) in [5.41, 5.74) is 1.87. The van der Waals surface area contributed by atoms with Crippen LogP contribution in [0.1, 0.15) is 40.5 Å². The quantitative estimate of drug-likeness (QED) is 0.701. The van der Waals surface area contributed by atoms with Crippen molar-refractivity contribution in [3.05, 3.63) is 46.2 Å². The van der Waals surface area contributed by atoms with Gasteiger partial charge in [0.05, 0.1) is 24.4 Å². The number of aromatic nitrogens is 2. The van der Waals surface area contributed by atoms with Crippen molar-refractivity contribution in [1.29, 1.82) is 0 Å². The Kier molecular flexibility index (Phi) is 5.23. The third kappa shape index (κ3) is 4.30. The Morgan fingerprint density at radius 3 is 2.64 bits per heavy atom. The molecule has 0 atom stereocenters. The van der Waals surface area contributed by atoms with Gasteiger partial charge in [0, 0.05) is 12.5 Å². The van der Waals surface area contributed by atoms with E-state index in [2.05, 4.69) is 20.8 Å². The van der Waals surface area contributed by atoms with Gasteiger partial charge in [0.15, 0.2) is 5.69 Å². The number of nitrogens with zero attached hydrogens (tertiary/aromatic N) is 1. The summed E-state index contributed by atoms with van der Waals surface area (Å²) in [4.78, 5) is 24.0. The standard InChI is InChI=1S/C17H19ClN4O3/c1-25-12-6-2-10(3-7-12)8-19-13(23)9-20-17(24)16-14(18)15(21-22-16)11-4-5-11/h2-3,6-7,11H,4-5,8-9H2,1H3,(H,19,23)(H,20,24)(H,21,22). The fourth-order valence-electron chi connectivity index (χ4n) is 2.39. The van der Waals surface area contributed by atoms with E-state index in [9.17, 15) is 9.59 Å². The lowest BCUT2D eigenvalue weighted by molar-refractivity contribution is -0.120. The predicted molar refractivity (Wildman–Crippen MR) is 92.7 cm³/mol. The van der Waals surface area contributed by atoms with Gasteiger partial charge in [0.2, 0.25) is 5.91 Å². The van der Waals surface area contributed by atoms with Crippen molar-refractivity contribution in [1.82, 2.24) is 20.8 Å². The lowest BCUT2D eigenvalue weighted by atomic mass is 10.2. The maximum absolute atomic E-state index is 12.1. The van der Waals surface area contributed by atoms with E-state index >= 15 is 0 Å². The number of amides is 2. The van der Waals surface area contributed by atoms with Crippen LogP contribution in [0.4, 0.5) is 0 Å². The second-order valence-corrected chi connectivity index (χ2v) is 6.26. The van der Waals surface area contributed by atoms with Crippen LogP contribution >= 0.6 is 11.6 Å². The zero-order chi connectivity index (χ0) is 17.8. The molecule has 3 N–H and O–H groups in total. The first kappa shape index (κ1) is 17.3. The molecule has 0 aliphatic heterocycles. The molecule has 1 aromatic carbocycles. The number of aromatic amines is 1. The van der Waals surface area contributed by atoms with Crippen molar-refractivity contribution in [2.45, 2.75) is 25.3 Å². The molecule has 0 saturated heterocycles. The highest BCUT2D eigenvalue weighted by molar-refractivity contribution is 6.34. The molecular formula is C17H19ClN4O3. The highest BCUT2D eigenvalue weighted by Gasteiger charge is 2.30. The molecule has 8 heteroatoms. The normalized spacial score (nSPS) is 13.4. The number of benzene rings is 1. The molecule has 2 amide bonds. The average Bonchev–Trinajstić information content (AvgIpc) is 3.40. The van der Waals surface area contributed by atoms with Gasteiger partial charge in [0.25, 0.3) is 5.91 Å². The zero-order valence-corrected chi connectivity index (χ0v) is 14.5. The lowest BCUT2D eigenvalue weighted by Gasteiger charge is -2.07. The number of ether oxygens (including phenoxy) is 1. The molecule has 0 radical (unpaired) electrons. The van der Waals surface area contributed by atoms with Crippen molar-refractivity contribution in [2.75, 3.05) is 13.7 Å². The third-order valence-corrected chi connectivity index (χ3v) is 4.37. The predicted octanol–water partition coefficient (Wildman–Crippen LogP) is 2.00. The minimum absolute atomic E-state index is 0.131. The number of hydrogen-bond acceptors (Lipinski definition) is 4. The van der Waals surface area contributed by atoms with Crippen molar-refractivity contribution in [3.63, 3.8) is 0 Å². The van der Waals surface area contributed by atoms with Crippen molar-refractivity contribution < 1.29 is 14.3 Å². The minimum atomic E-state index is -0.465. The van der Waals surface area contributed by atoms with E-state index in [1.807, 2.05) is 24.3 Å². The summed E-state index contributed by atoms with van der Waals surface area (Å²) in [6, 6.07) is 7.36. The minimum Gasteiger partial charge on any atom is -0.497 e. The monoisotopic (exact) mass is 362 g/mol. The van der Waals surface area contributed by atoms with Gasteiger partial charge in [-0.15, -0.1) is 0 Å². The Bertz CT molecular complexity index is 769. The molecule has 1 fully saturated rings. The SMILES string of the molecule is COc1ccc(CNC(=O)CNC(=O)c2n[nH]c(C3CC3)c2Cl)cc1. The lowest BCUT2D eigenvalue weighted by Crippen LogP contribution is -2.36. The maximum Gasteiger partial charge on any atom is 0.273 e. The molecular weight excluding hydrogens is 344 g/mol. The molecule has 0 bridgehead atoms. The molecule has 0 unspecified atom stereocenters. The second kappa shape index (κ2) is 7.57. The summed E-state index contributed by atoms with van der Waals surface area (Å²) in [6.45, 7) is 0.227. The van der Waals surface area contributed by atoms with E-state index in [1.54, 1.807) is 7.11 Å². The summed E-state index contributed by atoms with van der Waals surface area (Å²) in [5, 5.41) is 12.4. The summed E-state index contributed by atoms with van der Waals surface area (Å²) < 4.78 is 5.08. The Labute approximate surface area is 150 Å². The fraction of sp³-hybridized carbons (Fsp3) is 0.353. The van der Waals surface area contributed by atoms with E-state index in [1.165, 1.54) is 0 Å². The number of H-pyrrole nitrogens is 1. The van der Waals surface area contributed by atoms with Crippen LogP contribution in [0, 0.1) is 0 Å². The van der Waals surface area contributed by atoms with Crippen LogP contribution in [-0.2, 0) is 11.3 Å². The molecule has 1 heterocycles. The van der Waals surface area contributed by atoms with E-state index in [0.717, 1.165) is 29.8 Å². The van der Waals surface area contributed by atoms with E-state index < -0.39 is 5.91 Å². The number of methoxy groups -OCH3 is 1. The summed E-state index contributed by atoms with van der Waals surface area (Å²) in [7, 11) is 1.60. The van der Waals surface area contributed by atoms with Gasteiger partial charge in [-0.2, -0.15) is 5.10 Å². The number of hydrogen-bond donors (Lipinski definition) is 3. The van der Waals surface area contributed by atoms with Gasteiger partial charge in [-0.05, 0) is 30.5 Å². The Morgan fingerprint density at radius 2 is 2.00 bits per heavy atom. The van der Waals surface area contributed by atoms with Crippen molar-refractivity contribution >= 4 is 23.4 Å². The molecule has 0 spiro atoms. The molecule has 1 aliphatic carbocycles. The molecule has 1 saturated carbocycles. The first-order valence-electron chi connectivity index (χ1n) is 8.00. The van der Waals surface area contributed by atoms with Gasteiger partial charge in [-0.3, -0.25) is 14.7 Å². The Balaban J connectivity index is 1.45. The summed E-state index contributed by atoms with van der Waals surface area (Å²) in [5.74, 6) is 0.365. The maximum atomic E-state index is 12.1. The first-order valence-corrected chi connectivity index (χ1v) is 8.38. The van der Waals surface area contributed by atoms with Gasteiger partial charge in [-0.1, -0.05) is 23.7 Å². The van der Waals surface area contributed by atoms with Gasteiger partial charge in [-0.25, -0.2) is 0 Å². The van der Waals surface area contributed by atoms with Crippen LogP contribution in [0.25, 0.3) is 0 Å². The van der Waals surface area contributed by atoms with Crippen molar-refractivity contribution in [2.24, 2.45) is 0 Å². The summed E-state index contributed by atoms with van der Waals surface area (Å²) in [6.07, 6.45) is 2.10. The van der Waals surface area contributed by atoms with Gasteiger partial charge < -0.3 is 15.4 Å². The fourth-order valence-corrected chi connectivity index (χ4v) is 2.71.